The molecule has 0 atom stereocenters. The molecule has 0 saturated heterocycles. The van der Waals surface area contributed by atoms with Crippen LogP contribution >= 0.6 is 0 Å². The van der Waals surface area contributed by atoms with Gasteiger partial charge in [-0.15, -0.1) is 0 Å². The molecular weight excluding hydrogens is 331 g/mol. The van der Waals surface area contributed by atoms with E-state index in [0.29, 0.717) is 5.69 Å². The van der Waals surface area contributed by atoms with Crippen molar-refractivity contribution in [3.05, 3.63) is 29.6 Å². The van der Waals surface area contributed by atoms with Crippen LogP contribution in [-0.4, -0.2) is 25.0 Å². The molecule has 0 aliphatic rings. The van der Waals surface area contributed by atoms with E-state index in [0.717, 1.165) is 17.9 Å². The van der Waals surface area contributed by atoms with Gasteiger partial charge in [-0.05, 0) is 6.07 Å². The first-order valence-corrected chi connectivity index (χ1v) is 4.94. The van der Waals surface area contributed by atoms with Gasteiger partial charge in [0.1, 0.15) is 5.56 Å². The highest BCUT2D eigenvalue weighted by Gasteiger charge is 2.41. The number of ether oxygens (including phenoxy) is 1. The standard InChI is InChI=1S/C11H11F3NO3.BrH/c1-7-3-4-8(10(17)18-2)5-15(7)6-9(16)11(12,13)14;/h3-5H,6H2,1-2H3;1H/q+1;/p-1. The molecule has 0 aromatic carbocycles. The number of halogens is 4. The number of pyridine rings is 1. The third kappa shape index (κ3) is 4.62. The van der Waals surface area contributed by atoms with Crippen molar-refractivity contribution >= 4 is 11.8 Å². The number of hydrogen-bond acceptors (Lipinski definition) is 3. The topological polar surface area (TPSA) is 47.2 Å². The van der Waals surface area contributed by atoms with E-state index < -0.39 is 24.5 Å². The first-order chi connectivity index (χ1) is 8.25. The van der Waals surface area contributed by atoms with Crippen LogP contribution in [0.2, 0.25) is 0 Å². The number of ketones is 1. The van der Waals surface area contributed by atoms with Crippen LogP contribution < -0.4 is 21.5 Å². The molecule has 0 amide bonds. The second kappa shape index (κ2) is 6.65. The van der Waals surface area contributed by atoms with Gasteiger partial charge < -0.3 is 21.7 Å². The molecule has 1 aromatic rings. The zero-order valence-corrected chi connectivity index (χ0v) is 11.7. The Kier molecular flexibility index (Phi) is 6.14. The summed E-state index contributed by atoms with van der Waals surface area (Å²) in [6, 6.07) is 2.85. The van der Waals surface area contributed by atoms with E-state index in [-0.39, 0.29) is 22.5 Å². The Bertz CT molecular complexity index is 489. The van der Waals surface area contributed by atoms with Crippen molar-refractivity contribution < 1.29 is 49.0 Å². The first-order valence-electron chi connectivity index (χ1n) is 4.94. The molecule has 0 saturated carbocycles. The van der Waals surface area contributed by atoms with Gasteiger partial charge in [-0.3, -0.25) is 4.79 Å². The quantitative estimate of drug-likeness (QED) is 0.481. The summed E-state index contributed by atoms with van der Waals surface area (Å²) in [4.78, 5) is 22.1. The number of carbonyl (C=O) groups excluding carboxylic acids is 2. The summed E-state index contributed by atoms with van der Waals surface area (Å²) >= 11 is 0. The van der Waals surface area contributed by atoms with Crippen molar-refractivity contribution in [1.82, 2.24) is 0 Å². The summed E-state index contributed by atoms with van der Waals surface area (Å²) in [7, 11) is 1.16. The second-order valence-corrected chi connectivity index (χ2v) is 3.60. The molecule has 0 aliphatic carbocycles. The molecule has 0 aliphatic heterocycles. The predicted octanol–water partition coefficient (Wildman–Crippen LogP) is -1.80. The summed E-state index contributed by atoms with van der Waals surface area (Å²) in [5.41, 5.74) is 0.512. The fourth-order valence-corrected chi connectivity index (χ4v) is 1.27. The van der Waals surface area contributed by atoms with E-state index in [1.807, 2.05) is 0 Å². The molecular formula is C11H11BrF3NO3. The third-order valence-electron chi connectivity index (χ3n) is 2.30. The van der Waals surface area contributed by atoms with Crippen LogP contribution in [0.1, 0.15) is 16.1 Å². The molecule has 0 radical (unpaired) electrons. The Hall–Kier alpha value is -1.44. The van der Waals surface area contributed by atoms with Crippen LogP contribution in [0.4, 0.5) is 13.2 Å². The van der Waals surface area contributed by atoms with Crippen LogP contribution in [0.25, 0.3) is 0 Å². The molecule has 0 unspecified atom stereocenters. The van der Waals surface area contributed by atoms with Gasteiger partial charge >= 0.3 is 17.9 Å². The lowest BCUT2D eigenvalue weighted by atomic mass is 10.2. The number of nitrogens with zero attached hydrogens (tertiary/aromatic N) is 1. The number of aryl methyl sites for hydroxylation is 1. The van der Waals surface area contributed by atoms with Gasteiger partial charge in [0.05, 0.1) is 7.11 Å². The molecule has 1 aromatic heterocycles. The summed E-state index contributed by atoms with van der Waals surface area (Å²) in [6.07, 6.45) is -3.73. The van der Waals surface area contributed by atoms with E-state index in [1.165, 1.54) is 19.1 Å². The number of esters is 1. The predicted molar refractivity (Wildman–Crippen MR) is 53.8 cm³/mol. The number of rotatable bonds is 3. The zero-order chi connectivity index (χ0) is 13.9. The molecule has 19 heavy (non-hydrogen) atoms. The minimum absolute atomic E-state index is 0. The highest BCUT2D eigenvalue weighted by Crippen LogP contribution is 2.15. The lowest BCUT2D eigenvalue weighted by molar-refractivity contribution is -0.691. The number of alkyl halides is 3. The van der Waals surface area contributed by atoms with Crippen LogP contribution in [0.3, 0.4) is 0 Å². The normalized spacial score (nSPS) is 10.6. The molecule has 0 bridgehead atoms. The van der Waals surface area contributed by atoms with Crippen LogP contribution in [0, 0.1) is 6.92 Å². The van der Waals surface area contributed by atoms with Gasteiger partial charge in [0.15, 0.2) is 11.9 Å². The fourth-order valence-electron chi connectivity index (χ4n) is 1.27. The Morgan fingerprint density at radius 2 is 1.89 bits per heavy atom. The fraction of sp³-hybridized carbons (Fsp3) is 0.364. The van der Waals surface area contributed by atoms with Crippen molar-refractivity contribution in [3.8, 4) is 0 Å². The van der Waals surface area contributed by atoms with Crippen LogP contribution in [-0.2, 0) is 16.1 Å². The number of hydrogen-bond donors (Lipinski definition) is 0. The lowest BCUT2D eigenvalue weighted by Crippen LogP contribution is -3.00. The van der Waals surface area contributed by atoms with E-state index in [9.17, 15) is 22.8 Å². The van der Waals surface area contributed by atoms with Gasteiger partial charge in [-0.2, -0.15) is 17.7 Å². The van der Waals surface area contributed by atoms with Crippen molar-refractivity contribution in [3.63, 3.8) is 0 Å². The van der Waals surface area contributed by atoms with Crippen molar-refractivity contribution in [2.45, 2.75) is 19.6 Å². The van der Waals surface area contributed by atoms with Crippen LogP contribution in [0.5, 0.6) is 0 Å². The minimum Gasteiger partial charge on any atom is -1.00 e. The summed E-state index contributed by atoms with van der Waals surface area (Å²) in [5, 5.41) is 0. The number of aromatic nitrogens is 1. The Morgan fingerprint density at radius 1 is 1.32 bits per heavy atom. The number of Topliss-reactive ketones (excluding diaryl/α,β-unsaturated/α-hetero) is 1. The van der Waals surface area contributed by atoms with E-state index in [4.69, 9.17) is 0 Å². The van der Waals surface area contributed by atoms with Gasteiger partial charge in [-0.25, -0.2) is 4.79 Å². The Labute approximate surface area is 117 Å². The Balaban J connectivity index is 0.00000324. The smallest absolute Gasteiger partial charge is 0.456 e. The van der Waals surface area contributed by atoms with Crippen LogP contribution in [0.15, 0.2) is 18.3 Å². The lowest BCUT2D eigenvalue weighted by Gasteiger charge is -2.05. The third-order valence-corrected chi connectivity index (χ3v) is 2.30. The average molecular weight is 342 g/mol. The van der Waals surface area contributed by atoms with Gasteiger partial charge in [0, 0.05) is 13.0 Å². The highest BCUT2D eigenvalue weighted by atomic mass is 79.9. The molecule has 106 valence electrons. The van der Waals surface area contributed by atoms with E-state index >= 15 is 0 Å². The van der Waals surface area contributed by atoms with E-state index in [2.05, 4.69) is 4.74 Å². The summed E-state index contributed by atoms with van der Waals surface area (Å²) in [6.45, 7) is 0.672. The molecule has 4 nitrogen and oxygen atoms in total. The maximum absolute atomic E-state index is 12.1. The van der Waals surface area contributed by atoms with Crippen molar-refractivity contribution in [2.24, 2.45) is 0 Å². The first kappa shape index (κ1) is 17.6. The van der Waals surface area contributed by atoms with Crippen molar-refractivity contribution in [1.29, 1.82) is 0 Å². The monoisotopic (exact) mass is 341 g/mol. The maximum Gasteiger partial charge on any atom is 0.456 e. The maximum atomic E-state index is 12.1. The molecule has 1 rings (SSSR count). The minimum atomic E-state index is -4.89. The summed E-state index contributed by atoms with van der Waals surface area (Å²) in [5.74, 6) is -2.55. The number of carbonyl (C=O) groups is 2. The average Bonchev–Trinajstić information content (AvgIpc) is 2.29. The number of methoxy groups -OCH3 is 1. The van der Waals surface area contributed by atoms with E-state index in [1.54, 1.807) is 0 Å². The van der Waals surface area contributed by atoms with Gasteiger partial charge in [0.25, 0.3) is 0 Å². The highest BCUT2D eigenvalue weighted by molar-refractivity contribution is 5.88. The summed E-state index contributed by atoms with van der Waals surface area (Å²) < 4.78 is 41.9. The van der Waals surface area contributed by atoms with Gasteiger partial charge in [-0.1, -0.05) is 0 Å². The SMILES string of the molecule is COC(=O)c1ccc(C)[n+](CC(=O)C(F)(F)F)c1.[Br-]. The Morgan fingerprint density at radius 3 is 2.37 bits per heavy atom. The van der Waals surface area contributed by atoms with Gasteiger partial charge in [0.2, 0.25) is 6.54 Å². The molecule has 0 spiro atoms. The molecule has 0 fully saturated rings. The van der Waals surface area contributed by atoms with Crippen molar-refractivity contribution in [2.75, 3.05) is 7.11 Å². The zero-order valence-electron chi connectivity index (χ0n) is 10.1. The molecule has 1 heterocycles. The molecule has 0 N–H and O–H groups in total. The molecule has 8 heteroatoms. The second-order valence-electron chi connectivity index (χ2n) is 3.60. The largest absolute Gasteiger partial charge is 1.00 e.